The Bertz CT molecular complexity index is 858. The molecule has 22 heavy (non-hydrogen) atoms. The number of fused-ring (bicyclic) bond motifs is 1. The summed E-state index contributed by atoms with van der Waals surface area (Å²) in [7, 11) is 11.4. The summed E-state index contributed by atoms with van der Waals surface area (Å²) in [6, 6.07) is 10.2. The molecule has 0 aliphatic rings. The summed E-state index contributed by atoms with van der Waals surface area (Å²) in [5.41, 5.74) is 1.67. The number of aromatic hydroxyl groups is 1. The largest absolute Gasteiger partial charge is 0.509 e. The van der Waals surface area contributed by atoms with Gasteiger partial charge in [0, 0.05) is 17.4 Å². The molecule has 0 fully saturated rings. The molecule has 3 rings (SSSR count). The number of rotatable bonds is 3. The van der Waals surface area contributed by atoms with Gasteiger partial charge in [-0.05, 0) is 6.07 Å². The number of carbonyl (C=O) groups is 1. The molecule has 0 amide bonds. The van der Waals surface area contributed by atoms with Gasteiger partial charge in [-0.2, -0.15) is 0 Å². The van der Waals surface area contributed by atoms with Crippen LogP contribution in [-0.2, 0) is 6.42 Å². The minimum Gasteiger partial charge on any atom is -0.509 e. The van der Waals surface area contributed by atoms with Crippen LogP contribution >= 0.6 is 0 Å². The molecule has 0 aliphatic heterocycles. The first-order chi connectivity index (χ1) is 10.5. The van der Waals surface area contributed by atoms with E-state index in [2.05, 4.69) is 0 Å². The predicted molar refractivity (Wildman–Crippen MR) is 87.9 cm³/mol. The van der Waals surface area contributed by atoms with Gasteiger partial charge in [-0.15, -0.1) is 0 Å². The van der Waals surface area contributed by atoms with E-state index in [0.29, 0.717) is 28.9 Å². The zero-order valence-corrected chi connectivity index (χ0v) is 12.1. The highest BCUT2D eigenvalue weighted by Gasteiger charge is 2.21. The van der Waals surface area contributed by atoms with E-state index in [1.165, 1.54) is 12.1 Å². The average molecular weight is 286 g/mol. The maximum absolute atomic E-state index is 12.9. The average Bonchev–Trinajstić information content (AvgIpc) is 2.89. The topological polar surface area (TPSA) is 50.4 Å². The van der Waals surface area contributed by atoms with Gasteiger partial charge >= 0.3 is 0 Å². The van der Waals surface area contributed by atoms with E-state index in [-0.39, 0.29) is 22.5 Å². The molecular weight excluding hydrogens is 274 g/mol. The molecule has 4 radical (unpaired) electrons. The van der Waals surface area contributed by atoms with Crippen LogP contribution in [0, 0.1) is 0 Å². The molecule has 1 N–H and O–H groups in total. The van der Waals surface area contributed by atoms with Crippen LogP contribution in [0.1, 0.15) is 28.6 Å². The minimum atomic E-state index is -0.222. The lowest BCUT2D eigenvalue weighted by atomic mass is 9.82. The van der Waals surface area contributed by atoms with Gasteiger partial charge in [-0.3, -0.25) is 4.79 Å². The van der Waals surface area contributed by atoms with Crippen LogP contribution in [0.2, 0.25) is 0 Å². The van der Waals surface area contributed by atoms with Gasteiger partial charge in [0.1, 0.15) is 32.8 Å². The van der Waals surface area contributed by atoms with Crippen molar-refractivity contribution in [3.8, 4) is 5.75 Å². The number of phenolic OH excluding ortho intramolecular Hbond substituents is 1. The van der Waals surface area contributed by atoms with Crippen molar-refractivity contribution >= 4 is 43.4 Å². The zero-order valence-electron chi connectivity index (χ0n) is 12.1. The lowest BCUT2D eigenvalue weighted by Crippen LogP contribution is -2.19. The Morgan fingerprint density at radius 2 is 1.82 bits per heavy atom. The minimum absolute atomic E-state index is 0.0780. The molecular formula is C17H12B2O3. The molecule has 1 heterocycles. The molecule has 0 saturated carbocycles. The third kappa shape index (κ3) is 2.23. The van der Waals surface area contributed by atoms with Gasteiger partial charge in [0.15, 0.2) is 5.78 Å². The lowest BCUT2D eigenvalue weighted by molar-refractivity contribution is 0.103. The molecule has 0 bridgehead atoms. The van der Waals surface area contributed by atoms with E-state index >= 15 is 0 Å². The quantitative estimate of drug-likeness (QED) is 0.586. The summed E-state index contributed by atoms with van der Waals surface area (Å²) in [4.78, 5) is 12.9. The third-order valence-electron chi connectivity index (χ3n) is 3.65. The molecule has 0 unspecified atom stereocenters. The SMILES string of the molecule is [B]c1cc(C(=O)c2c(CC)oc3ccccc23)cc([B])c1O. The normalized spacial score (nSPS) is 11.0. The van der Waals surface area contributed by atoms with Crippen LogP contribution in [0.25, 0.3) is 11.0 Å². The molecule has 0 saturated heterocycles. The standard InChI is InChI=1S/C17H12B2O3/c1-2-13-15(10-5-3-4-6-14(10)22-13)16(20)9-7-11(18)17(21)12(19)8-9/h3-8,21H,2H2,1H3. The van der Waals surface area contributed by atoms with Crippen molar-refractivity contribution in [2.24, 2.45) is 0 Å². The Morgan fingerprint density at radius 1 is 1.18 bits per heavy atom. The summed E-state index contributed by atoms with van der Waals surface area (Å²) in [6.07, 6.45) is 0.596. The van der Waals surface area contributed by atoms with Crippen molar-refractivity contribution in [1.82, 2.24) is 0 Å². The number of carbonyl (C=O) groups excluding carboxylic acids is 1. The van der Waals surface area contributed by atoms with E-state index in [0.717, 1.165) is 5.39 Å². The van der Waals surface area contributed by atoms with Gasteiger partial charge in [-0.25, -0.2) is 0 Å². The van der Waals surface area contributed by atoms with Gasteiger partial charge in [0.2, 0.25) is 0 Å². The van der Waals surface area contributed by atoms with Crippen molar-refractivity contribution < 1.29 is 14.3 Å². The summed E-state index contributed by atoms with van der Waals surface area (Å²) >= 11 is 0. The van der Waals surface area contributed by atoms with Gasteiger partial charge in [-0.1, -0.05) is 48.2 Å². The van der Waals surface area contributed by atoms with E-state index in [1.807, 2.05) is 31.2 Å². The van der Waals surface area contributed by atoms with E-state index < -0.39 is 0 Å². The van der Waals surface area contributed by atoms with Crippen molar-refractivity contribution in [3.05, 3.63) is 53.3 Å². The molecule has 3 aromatic rings. The second kappa shape index (κ2) is 5.41. The smallest absolute Gasteiger partial charge is 0.197 e. The first kappa shape index (κ1) is 14.5. The summed E-state index contributed by atoms with van der Waals surface area (Å²) in [5.74, 6) is 0.195. The van der Waals surface area contributed by atoms with Crippen LogP contribution < -0.4 is 10.9 Å². The van der Waals surface area contributed by atoms with Gasteiger partial charge in [0.05, 0.1) is 5.56 Å². The second-order valence-corrected chi connectivity index (χ2v) is 5.08. The molecule has 0 atom stereocenters. The van der Waals surface area contributed by atoms with Crippen molar-refractivity contribution in [1.29, 1.82) is 0 Å². The number of para-hydroxylation sites is 1. The maximum Gasteiger partial charge on any atom is 0.197 e. The first-order valence-electron chi connectivity index (χ1n) is 6.96. The molecule has 104 valence electrons. The van der Waals surface area contributed by atoms with Crippen LogP contribution in [0.5, 0.6) is 5.75 Å². The molecule has 3 nitrogen and oxygen atoms in total. The number of aryl methyl sites for hydroxylation is 1. The number of ketones is 1. The maximum atomic E-state index is 12.9. The Labute approximate surface area is 130 Å². The first-order valence-corrected chi connectivity index (χ1v) is 6.96. The van der Waals surface area contributed by atoms with Crippen molar-refractivity contribution in [2.75, 3.05) is 0 Å². The van der Waals surface area contributed by atoms with E-state index in [9.17, 15) is 9.90 Å². The summed E-state index contributed by atoms with van der Waals surface area (Å²) in [6.45, 7) is 1.92. The lowest BCUT2D eigenvalue weighted by Gasteiger charge is -2.08. The number of phenols is 1. The monoisotopic (exact) mass is 286 g/mol. The van der Waals surface area contributed by atoms with E-state index in [1.54, 1.807) is 0 Å². The van der Waals surface area contributed by atoms with E-state index in [4.69, 9.17) is 20.1 Å². The fourth-order valence-electron chi connectivity index (χ4n) is 2.55. The highest BCUT2D eigenvalue weighted by atomic mass is 16.3. The zero-order chi connectivity index (χ0) is 15.9. The van der Waals surface area contributed by atoms with Crippen LogP contribution in [-0.4, -0.2) is 26.6 Å². The Morgan fingerprint density at radius 3 is 2.45 bits per heavy atom. The van der Waals surface area contributed by atoms with Crippen LogP contribution in [0.15, 0.2) is 40.8 Å². The fraction of sp³-hybridized carbons (Fsp3) is 0.118. The summed E-state index contributed by atoms with van der Waals surface area (Å²) in [5, 5.41) is 10.4. The van der Waals surface area contributed by atoms with Crippen molar-refractivity contribution in [3.63, 3.8) is 0 Å². The van der Waals surface area contributed by atoms with Gasteiger partial charge < -0.3 is 9.52 Å². The molecule has 5 heteroatoms. The second-order valence-electron chi connectivity index (χ2n) is 5.08. The van der Waals surface area contributed by atoms with Crippen LogP contribution in [0.3, 0.4) is 0 Å². The summed E-state index contributed by atoms with van der Waals surface area (Å²) < 4.78 is 5.74. The predicted octanol–water partition coefficient (Wildman–Crippen LogP) is 1.52. The highest BCUT2D eigenvalue weighted by Crippen LogP contribution is 2.28. The molecule has 2 aromatic carbocycles. The highest BCUT2D eigenvalue weighted by molar-refractivity contribution is 6.42. The van der Waals surface area contributed by atoms with Gasteiger partial charge in [0.25, 0.3) is 0 Å². The molecule has 0 spiro atoms. The van der Waals surface area contributed by atoms with Crippen LogP contribution in [0.4, 0.5) is 0 Å². The Balaban J connectivity index is 2.21. The third-order valence-corrected chi connectivity index (χ3v) is 3.65. The fourth-order valence-corrected chi connectivity index (χ4v) is 2.55. The number of furan rings is 1. The Hall–Kier alpha value is -2.42. The number of benzene rings is 2. The van der Waals surface area contributed by atoms with Crippen molar-refractivity contribution in [2.45, 2.75) is 13.3 Å². The number of hydrogen-bond donors (Lipinski definition) is 1. The number of hydrogen-bond acceptors (Lipinski definition) is 3. The molecule has 0 aliphatic carbocycles. The Kier molecular flexibility index (Phi) is 3.57. The molecule has 1 aromatic heterocycles.